The molecule has 35 heavy (non-hydrogen) atoms. The predicted octanol–water partition coefficient (Wildman–Crippen LogP) is 8.58. The number of fused-ring (bicyclic) bond motifs is 1. The SMILES string of the molecule is Cc1ccc(SCc2cc(F)c(-c3ccc4c(F)c(C#CC(F)(F)F)c(F)cc4c3)c(F)c2)cc1. The smallest absolute Gasteiger partial charge is 0.206 e. The molecule has 4 rings (SSSR count). The minimum atomic E-state index is -4.92. The highest BCUT2D eigenvalue weighted by Crippen LogP contribution is 2.33. The van der Waals surface area contributed by atoms with E-state index in [9.17, 15) is 30.7 Å². The predicted molar refractivity (Wildman–Crippen MR) is 123 cm³/mol. The van der Waals surface area contributed by atoms with Crippen LogP contribution in [0.2, 0.25) is 0 Å². The first-order valence-corrected chi connectivity index (χ1v) is 11.2. The molecular weight excluding hydrogens is 489 g/mol. The van der Waals surface area contributed by atoms with Crippen LogP contribution in [0.4, 0.5) is 30.7 Å². The summed E-state index contributed by atoms with van der Waals surface area (Å²) in [7, 11) is 0. The van der Waals surface area contributed by atoms with Gasteiger partial charge in [-0.1, -0.05) is 35.7 Å². The van der Waals surface area contributed by atoms with Gasteiger partial charge in [0.15, 0.2) is 0 Å². The molecule has 4 aromatic carbocycles. The molecule has 0 aliphatic heterocycles. The van der Waals surface area contributed by atoms with Gasteiger partial charge in [0.1, 0.15) is 23.3 Å². The van der Waals surface area contributed by atoms with Crippen LogP contribution in [0.25, 0.3) is 21.9 Å². The molecule has 0 aliphatic rings. The van der Waals surface area contributed by atoms with E-state index >= 15 is 0 Å². The summed E-state index contributed by atoms with van der Waals surface area (Å²) in [6.07, 6.45) is -4.92. The maximum Gasteiger partial charge on any atom is 0.458 e. The van der Waals surface area contributed by atoms with Crippen molar-refractivity contribution in [3.8, 4) is 23.0 Å². The van der Waals surface area contributed by atoms with E-state index in [-0.39, 0.29) is 21.9 Å². The Morgan fingerprint density at radius 1 is 0.800 bits per heavy atom. The third kappa shape index (κ3) is 5.63. The maximum atomic E-state index is 14.9. The van der Waals surface area contributed by atoms with Crippen LogP contribution in [-0.2, 0) is 5.75 Å². The van der Waals surface area contributed by atoms with Crippen LogP contribution in [0.15, 0.2) is 65.6 Å². The van der Waals surface area contributed by atoms with Gasteiger partial charge in [-0.25, -0.2) is 17.6 Å². The van der Waals surface area contributed by atoms with Crippen LogP contribution in [0, 0.1) is 42.0 Å². The van der Waals surface area contributed by atoms with Crippen LogP contribution in [0.1, 0.15) is 16.7 Å². The number of hydrogen-bond acceptors (Lipinski definition) is 1. The molecule has 0 radical (unpaired) electrons. The Morgan fingerprint density at radius 2 is 1.46 bits per heavy atom. The van der Waals surface area contributed by atoms with E-state index in [2.05, 4.69) is 0 Å². The van der Waals surface area contributed by atoms with E-state index in [0.717, 1.165) is 28.5 Å². The fraction of sp³-hybridized carbons (Fsp3) is 0.111. The summed E-state index contributed by atoms with van der Waals surface area (Å²) >= 11 is 1.41. The Bertz CT molecular complexity index is 1450. The van der Waals surface area contributed by atoms with E-state index < -0.39 is 35.0 Å². The molecule has 0 nitrogen and oxygen atoms in total. The number of aryl methyl sites for hydroxylation is 1. The molecule has 0 aliphatic carbocycles. The molecule has 0 unspecified atom stereocenters. The van der Waals surface area contributed by atoms with Crippen molar-refractivity contribution in [1.29, 1.82) is 0 Å². The molecule has 0 spiro atoms. The molecule has 0 fully saturated rings. The second-order valence-corrected chi connectivity index (χ2v) is 8.82. The fourth-order valence-corrected chi connectivity index (χ4v) is 4.35. The lowest BCUT2D eigenvalue weighted by molar-refractivity contribution is -0.0696. The Balaban J connectivity index is 1.66. The van der Waals surface area contributed by atoms with Crippen molar-refractivity contribution in [2.45, 2.75) is 23.7 Å². The average molecular weight is 504 g/mol. The molecular formula is C27H15F7S. The zero-order chi connectivity index (χ0) is 25.3. The molecule has 8 heteroatoms. The van der Waals surface area contributed by atoms with Gasteiger partial charge in [0.25, 0.3) is 0 Å². The van der Waals surface area contributed by atoms with Crippen molar-refractivity contribution in [2.75, 3.05) is 0 Å². The number of halogens is 7. The van der Waals surface area contributed by atoms with Crippen molar-refractivity contribution in [3.63, 3.8) is 0 Å². The largest absolute Gasteiger partial charge is 0.458 e. The Morgan fingerprint density at radius 3 is 2.09 bits per heavy atom. The molecule has 178 valence electrons. The summed E-state index contributed by atoms with van der Waals surface area (Å²) in [6.45, 7) is 1.95. The third-order valence-electron chi connectivity index (χ3n) is 5.17. The normalized spacial score (nSPS) is 11.4. The molecule has 4 aromatic rings. The standard InChI is InChI=1S/C27H15F7S/c1-15-2-5-19(6-3-15)35-14-16-10-23(29)25(24(30)11-16)17-4-7-20-18(12-17)13-22(28)21(26(20)31)8-9-27(32,33)34/h2-7,10-13H,14H2,1H3. The summed E-state index contributed by atoms with van der Waals surface area (Å²) in [5, 5.41) is -0.304. The van der Waals surface area contributed by atoms with Gasteiger partial charge in [0, 0.05) is 22.0 Å². The van der Waals surface area contributed by atoms with Crippen LogP contribution in [0.5, 0.6) is 0 Å². The van der Waals surface area contributed by atoms with Crippen LogP contribution in [0.3, 0.4) is 0 Å². The minimum absolute atomic E-state index is 0.0261. The molecule has 0 aromatic heterocycles. The molecule has 0 bridgehead atoms. The lowest BCUT2D eigenvalue weighted by Crippen LogP contribution is -2.02. The Hall–Kier alpha value is -3.44. The monoisotopic (exact) mass is 504 g/mol. The van der Waals surface area contributed by atoms with Crippen molar-refractivity contribution in [1.82, 2.24) is 0 Å². The van der Waals surface area contributed by atoms with Crippen LogP contribution < -0.4 is 0 Å². The van der Waals surface area contributed by atoms with E-state index in [4.69, 9.17) is 0 Å². The van der Waals surface area contributed by atoms with Gasteiger partial charge in [-0.2, -0.15) is 13.2 Å². The van der Waals surface area contributed by atoms with Gasteiger partial charge in [-0.3, -0.25) is 0 Å². The topological polar surface area (TPSA) is 0 Å². The van der Waals surface area contributed by atoms with Gasteiger partial charge in [0.2, 0.25) is 0 Å². The summed E-state index contributed by atoms with van der Waals surface area (Å²) < 4.78 is 95.7. The zero-order valence-electron chi connectivity index (χ0n) is 18.0. The fourth-order valence-electron chi connectivity index (χ4n) is 3.52. The van der Waals surface area contributed by atoms with E-state index in [0.29, 0.717) is 11.3 Å². The lowest BCUT2D eigenvalue weighted by atomic mass is 9.97. The Kier molecular flexibility index (Phi) is 6.82. The van der Waals surface area contributed by atoms with Crippen molar-refractivity contribution in [3.05, 3.63) is 101 Å². The molecule has 0 saturated heterocycles. The highest BCUT2D eigenvalue weighted by molar-refractivity contribution is 7.98. The summed E-state index contributed by atoms with van der Waals surface area (Å²) in [5.74, 6) is -1.67. The van der Waals surface area contributed by atoms with E-state index in [1.807, 2.05) is 31.2 Å². The van der Waals surface area contributed by atoms with Crippen LogP contribution >= 0.6 is 11.8 Å². The number of thioether (sulfide) groups is 1. The maximum absolute atomic E-state index is 14.9. The Labute approximate surface area is 200 Å². The van der Waals surface area contributed by atoms with Crippen molar-refractivity contribution >= 4 is 22.5 Å². The summed E-state index contributed by atoms with van der Waals surface area (Å²) in [5.41, 5.74) is 0.128. The average Bonchev–Trinajstić information content (AvgIpc) is 2.77. The third-order valence-corrected chi connectivity index (χ3v) is 6.26. The number of hydrogen-bond donors (Lipinski definition) is 0. The van der Waals surface area contributed by atoms with Crippen molar-refractivity contribution in [2.24, 2.45) is 0 Å². The molecule has 0 atom stereocenters. The first kappa shape index (κ1) is 24.7. The van der Waals surface area contributed by atoms with Gasteiger partial charge in [-0.05, 0) is 59.8 Å². The van der Waals surface area contributed by atoms with Crippen LogP contribution in [-0.4, -0.2) is 6.18 Å². The van der Waals surface area contributed by atoms with E-state index in [1.165, 1.54) is 41.9 Å². The van der Waals surface area contributed by atoms with Gasteiger partial charge in [0.05, 0.1) is 11.1 Å². The van der Waals surface area contributed by atoms with Gasteiger partial charge in [-0.15, -0.1) is 11.8 Å². The molecule has 0 saturated carbocycles. The number of rotatable bonds is 4. The lowest BCUT2D eigenvalue weighted by Gasteiger charge is -2.11. The number of alkyl halides is 3. The highest BCUT2D eigenvalue weighted by Gasteiger charge is 2.24. The van der Waals surface area contributed by atoms with Gasteiger partial charge < -0.3 is 0 Å². The quantitative estimate of drug-likeness (QED) is 0.152. The molecule has 0 heterocycles. The zero-order valence-corrected chi connectivity index (χ0v) is 18.9. The first-order chi connectivity index (χ1) is 16.5. The first-order valence-electron chi connectivity index (χ1n) is 10.2. The molecule has 0 amide bonds. The second-order valence-electron chi connectivity index (χ2n) is 7.77. The van der Waals surface area contributed by atoms with Crippen molar-refractivity contribution < 1.29 is 30.7 Å². The van der Waals surface area contributed by atoms with E-state index in [1.54, 1.807) is 0 Å². The summed E-state index contributed by atoms with van der Waals surface area (Å²) in [4.78, 5) is 0.943. The van der Waals surface area contributed by atoms with Gasteiger partial charge >= 0.3 is 6.18 Å². The summed E-state index contributed by atoms with van der Waals surface area (Å²) in [6, 6.07) is 14.4. The number of benzene rings is 4. The molecule has 0 N–H and O–H groups in total. The highest BCUT2D eigenvalue weighted by atomic mass is 32.2. The second kappa shape index (κ2) is 9.67. The minimum Gasteiger partial charge on any atom is -0.206 e.